The summed E-state index contributed by atoms with van der Waals surface area (Å²) in [7, 11) is 0. The average Bonchev–Trinajstić information content (AvgIpc) is 2.46. The molecule has 0 spiro atoms. The second-order valence-corrected chi connectivity index (χ2v) is 4.40. The van der Waals surface area contributed by atoms with Gasteiger partial charge in [-0.25, -0.2) is 4.79 Å². The smallest absolute Gasteiger partial charge is 0.326 e. The van der Waals surface area contributed by atoms with Gasteiger partial charge in [-0.3, -0.25) is 4.79 Å². The molecule has 1 unspecified atom stereocenters. The van der Waals surface area contributed by atoms with Crippen LogP contribution in [0.3, 0.4) is 0 Å². The maximum absolute atomic E-state index is 12.0. The van der Waals surface area contributed by atoms with Crippen LogP contribution in [0.15, 0.2) is 24.3 Å². The largest absolute Gasteiger partial charge is 0.480 e. The Balaban J connectivity index is 1.99. The van der Waals surface area contributed by atoms with E-state index in [1.165, 1.54) is 0 Å². The predicted molar refractivity (Wildman–Crippen MR) is 70.6 cm³/mol. The molecule has 0 aromatic heterocycles. The summed E-state index contributed by atoms with van der Waals surface area (Å²) < 4.78 is 5.52. The zero-order valence-corrected chi connectivity index (χ0v) is 10.7. The number of benzene rings is 1. The van der Waals surface area contributed by atoms with Crippen molar-refractivity contribution < 1.29 is 24.5 Å². The number of nitrogens with one attached hydrogen (secondary N) is 2. The number of aliphatic carboxylic acids is 1. The number of aliphatic hydroxyl groups excluding tert-OH is 1. The predicted octanol–water partition coefficient (Wildman–Crippen LogP) is -0.189. The lowest BCUT2D eigenvalue weighted by molar-refractivity contribution is -0.143. The first-order chi connectivity index (χ1) is 9.61. The SMILES string of the molecule is O=C(N[C@H](CCO)C(=O)O)C1CNc2ccccc2O1. The lowest BCUT2D eigenvalue weighted by atomic mass is 10.2. The van der Waals surface area contributed by atoms with E-state index in [0.717, 1.165) is 5.69 Å². The number of hydrogen-bond donors (Lipinski definition) is 4. The van der Waals surface area contributed by atoms with Crippen molar-refractivity contribution in [3.8, 4) is 5.75 Å². The first kappa shape index (κ1) is 14.1. The lowest BCUT2D eigenvalue weighted by Gasteiger charge is -2.27. The van der Waals surface area contributed by atoms with Crippen molar-refractivity contribution in [1.29, 1.82) is 0 Å². The van der Waals surface area contributed by atoms with Crippen LogP contribution >= 0.6 is 0 Å². The molecule has 108 valence electrons. The molecule has 4 N–H and O–H groups in total. The third-order valence-corrected chi connectivity index (χ3v) is 2.96. The van der Waals surface area contributed by atoms with Crippen LogP contribution in [0.5, 0.6) is 5.75 Å². The number of rotatable bonds is 5. The Kier molecular flexibility index (Phi) is 4.41. The number of aliphatic hydroxyl groups is 1. The molecule has 7 nitrogen and oxygen atoms in total. The third kappa shape index (κ3) is 3.18. The van der Waals surface area contributed by atoms with Crippen molar-refractivity contribution in [2.45, 2.75) is 18.6 Å². The summed E-state index contributed by atoms with van der Waals surface area (Å²) in [4.78, 5) is 22.9. The summed E-state index contributed by atoms with van der Waals surface area (Å²) in [5.41, 5.74) is 0.793. The number of carbonyl (C=O) groups is 2. The molecular weight excluding hydrogens is 264 g/mol. The van der Waals surface area contributed by atoms with E-state index >= 15 is 0 Å². The third-order valence-electron chi connectivity index (χ3n) is 2.96. The highest BCUT2D eigenvalue weighted by atomic mass is 16.5. The van der Waals surface area contributed by atoms with E-state index in [4.69, 9.17) is 14.9 Å². The van der Waals surface area contributed by atoms with Gasteiger partial charge in [0, 0.05) is 13.0 Å². The summed E-state index contributed by atoms with van der Waals surface area (Å²) in [6.07, 6.45) is -0.844. The molecule has 1 aromatic carbocycles. The summed E-state index contributed by atoms with van der Waals surface area (Å²) >= 11 is 0. The molecular formula is C13H16N2O5. The number of carbonyl (C=O) groups excluding carboxylic acids is 1. The second kappa shape index (κ2) is 6.25. The molecule has 1 amide bonds. The Labute approximate surface area is 115 Å². The molecule has 20 heavy (non-hydrogen) atoms. The molecule has 7 heteroatoms. The van der Waals surface area contributed by atoms with E-state index in [-0.39, 0.29) is 19.6 Å². The Morgan fingerprint density at radius 2 is 2.20 bits per heavy atom. The van der Waals surface area contributed by atoms with Gasteiger partial charge in [0.25, 0.3) is 5.91 Å². The number of carboxylic acids is 1. The van der Waals surface area contributed by atoms with Crippen LogP contribution in [-0.4, -0.2) is 47.4 Å². The normalized spacial score (nSPS) is 18.1. The number of carboxylic acid groups (broad SMARTS) is 1. The van der Waals surface area contributed by atoms with E-state index in [2.05, 4.69) is 10.6 Å². The molecule has 0 aliphatic carbocycles. The molecule has 0 radical (unpaired) electrons. The van der Waals surface area contributed by atoms with Gasteiger partial charge in [-0.1, -0.05) is 12.1 Å². The minimum absolute atomic E-state index is 0.0438. The first-order valence-electron chi connectivity index (χ1n) is 6.25. The fourth-order valence-corrected chi connectivity index (χ4v) is 1.91. The lowest BCUT2D eigenvalue weighted by Crippen LogP contribution is -2.50. The van der Waals surface area contributed by atoms with Gasteiger partial charge in [-0.2, -0.15) is 0 Å². The summed E-state index contributed by atoms with van der Waals surface area (Å²) in [6.45, 7) is -0.0574. The molecule has 0 bridgehead atoms. The van der Waals surface area contributed by atoms with E-state index in [0.29, 0.717) is 5.75 Å². The molecule has 1 heterocycles. The monoisotopic (exact) mass is 280 g/mol. The Morgan fingerprint density at radius 1 is 1.45 bits per heavy atom. The van der Waals surface area contributed by atoms with Crippen molar-refractivity contribution in [2.24, 2.45) is 0 Å². The number of amides is 1. The van der Waals surface area contributed by atoms with Gasteiger partial charge in [0.1, 0.15) is 11.8 Å². The van der Waals surface area contributed by atoms with Gasteiger partial charge in [-0.15, -0.1) is 0 Å². The highest BCUT2D eigenvalue weighted by Gasteiger charge is 2.29. The van der Waals surface area contributed by atoms with Crippen LogP contribution in [-0.2, 0) is 9.59 Å². The fraction of sp³-hybridized carbons (Fsp3) is 0.385. The van der Waals surface area contributed by atoms with Gasteiger partial charge >= 0.3 is 5.97 Å². The topological polar surface area (TPSA) is 108 Å². The van der Waals surface area contributed by atoms with Crippen LogP contribution in [0.2, 0.25) is 0 Å². The number of hydrogen-bond acceptors (Lipinski definition) is 5. The minimum atomic E-state index is -1.18. The summed E-state index contributed by atoms with van der Waals surface area (Å²) in [5.74, 6) is -1.16. The number of anilines is 1. The highest BCUT2D eigenvalue weighted by molar-refractivity contribution is 5.87. The summed E-state index contributed by atoms with van der Waals surface area (Å²) in [6, 6.07) is 6.07. The maximum atomic E-state index is 12.0. The van der Waals surface area contributed by atoms with Gasteiger partial charge < -0.3 is 25.6 Å². The van der Waals surface area contributed by atoms with Crippen molar-refractivity contribution >= 4 is 17.6 Å². The highest BCUT2D eigenvalue weighted by Crippen LogP contribution is 2.28. The van der Waals surface area contributed by atoms with E-state index in [1.807, 2.05) is 12.1 Å². The Morgan fingerprint density at radius 3 is 2.90 bits per heavy atom. The zero-order chi connectivity index (χ0) is 14.5. The molecule has 0 saturated carbocycles. The van der Waals surface area contributed by atoms with E-state index in [9.17, 15) is 9.59 Å². The zero-order valence-electron chi connectivity index (χ0n) is 10.7. The first-order valence-corrected chi connectivity index (χ1v) is 6.25. The molecule has 0 saturated heterocycles. The maximum Gasteiger partial charge on any atom is 0.326 e. The van der Waals surface area contributed by atoms with Crippen LogP contribution in [0, 0.1) is 0 Å². The van der Waals surface area contributed by atoms with Crippen molar-refractivity contribution in [3.63, 3.8) is 0 Å². The molecule has 0 fully saturated rings. The van der Waals surface area contributed by atoms with E-state index in [1.54, 1.807) is 12.1 Å². The van der Waals surface area contributed by atoms with Crippen LogP contribution in [0.4, 0.5) is 5.69 Å². The van der Waals surface area contributed by atoms with Gasteiger partial charge in [-0.05, 0) is 12.1 Å². The Bertz CT molecular complexity index is 505. The van der Waals surface area contributed by atoms with Gasteiger partial charge in [0.05, 0.1) is 12.2 Å². The molecule has 2 rings (SSSR count). The summed E-state index contributed by atoms with van der Waals surface area (Å²) in [5, 5.41) is 23.1. The van der Waals surface area contributed by atoms with Gasteiger partial charge in [0.2, 0.25) is 0 Å². The quantitative estimate of drug-likeness (QED) is 0.595. The van der Waals surface area contributed by atoms with Gasteiger partial charge in [0.15, 0.2) is 6.10 Å². The van der Waals surface area contributed by atoms with Crippen molar-refractivity contribution in [1.82, 2.24) is 5.32 Å². The molecule has 1 aromatic rings. The molecule has 1 aliphatic heterocycles. The minimum Gasteiger partial charge on any atom is -0.480 e. The molecule has 1 aliphatic rings. The Hall–Kier alpha value is -2.28. The molecule has 2 atom stereocenters. The van der Waals surface area contributed by atoms with Crippen molar-refractivity contribution in [3.05, 3.63) is 24.3 Å². The second-order valence-electron chi connectivity index (χ2n) is 4.40. The number of para-hydroxylation sites is 2. The average molecular weight is 280 g/mol. The standard InChI is InChI=1S/C13H16N2O5/c16-6-5-9(13(18)19)15-12(17)11-7-14-8-3-1-2-4-10(8)20-11/h1-4,9,11,14,16H,5-7H2,(H,15,17)(H,18,19)/t9-,11?/m1/s1. The van der Waals surface area contributed by atoms with Crippen LogP contribution < -0.4 is 15.4 Å². The van der Waals surface area contributed by atoms with Crippen molar-refractivity contribution in [2.75, 3.05) is 18.5 Å². The fourth-order valence-electron chi connectivity index (χ4n) is 1.91. The van der Waals surface area contributed by atoms with Crippen LogP contribution in [0.25, 0.3) is 0 Å². The number of ether oxygens (including phenoxy) is 1. The number of fused-ring (bicyclic) bond motifs is 1. The van der Waals surface area contributed by atoms with Crippen LogP contribution in [0.1, 0.15) is 6.42 Å². The van der Waals surface area contributed by atoms with E-state index < -0.39 is 24.0 Å².